The quantitative estimate of drug-likeness (QED) is 0.849. The Morgan fingerprint density at radius 1 is 1.50 bits per heavy atom. The number of hydrogen-bond donors (Lipinski definition) is 1. The molecule has 1 amide bonds. The lowest BCUT2D eigenvalue weighted by atomic mass is 10.1. The van der Waals surface area contributed by atoms with Crippen molar-refractivity contribution in [2.75, 3.05) is 19.5 Å². The molecule has 1 N–H and O–H groups in total. The highest BCUT2D eigenvalue weighted by molar-refractivity contribution is 7.14. The zero-order valence-electron chi connectivity index (χ0n) is 13.7. The van der Waals surface area contributed by atoms with Gasteiger partial charge in [-0.2, -0.15) is 5.26 Å². The molecule has 126 valence electrons. The molecule has 1 heterocycles. The Balaban J connectivity index is 2.06. The molecule has 0 radical (unpaired) electrons. The zero-order chi connectivity index (χ0) is 17.7. The van der Waals surface area contributed by atoms with Gasteiger partial charge < -0.3 is 10.1 Å². The van der Waals surface area contributed by atoms with Crippen molar-refractivity contribution in [2.24, 2.45) is 0 Å². The molecule has 0 fully saturated rings. The lowest BCUT2D eigenvalue weighted by Crippen LogP contribution is -2.39. The molecular formula is C17H18ClN3O2S. The minimum Gasteiger partial charge on any atom is -0.496 e. The number of halogens is 1. The number of nitriles is 1. The van der Waals surface area contributed by atoms with Crippen LogP contribution in [0.15, 0.2) is 29.6 Å². The van der Waals surface area contributed by atoms with Crippen LogP contribution >= 0.6 is 22.9 Å². The van der Waals surface area contributed by atoms with Crippen molar-refractivity contribution in [3.8, 4) is 11.8 Å². The van der Waals surface area contributed by atoms with E-state index in [1.54, 1.807) is 30.7 Å². The predicted octanol–water partition coefficient (Wildman–Crippen LogP) is 3.74. The van der Waals surface area contributed by atoms with Gasteiger partial charge in [-0.1, -0.05) is 11.6 Å². The van der Waals surface area contributed by atoms with Gasteiger partial charge in [-0.15, -0.1) is 11.3 Å². The third-order valence-electron chi connectivity index (χ3n) is 3.73. The Morgan fingerprint density at radius 3 is 2.92 bits per heavy atom. The Kier molecular flexibility index (Phi) is 6.21. The number of likely N-dealkylation sites (N-methyl/N-ethyl adjacent to an activating group) is 1. The largest absolute Gasteiger partial charge is 0.496 e. The Hall–Kier alpha value is -2.07. The Labute approximate surface area is 150 Å². The van der Waals surface area contributed by atoms with E-state index in [0.717, 1.165) is 11.3 Å². The lowest BCUT2D eigenvalue weighted by molar-refractivity contribution is -0.120. The topological polar surface area (TPSA) is 65.4 Å². The van der Waals surface area contributed by atoms with E-state index >= 15 is 0 Å². The van der Waals surface area contributed by atoms with Gasteiger partial charge in [-0.05, 0) is 43.6 Å². The summed E-state index contributed by atoms with van der Waals surface area (Å²) in [6.07, 6.45) is 0. The number of methoxy groups -OCH3 is 1. The smallest absolute Gasteiger partial charge is 0.242 e. The number of carbonyl (C=O) groups is 1. The average Bonchev–Trinajstić information content (AvgIpc) is 3.01. The first-order chi connectivity index (χ1) is 11.5. The van der Waals surface area contributed by atoms with Crippen LogP contribution in [0.2, 0.25) is 5.02 Å². The van der Waals surface area contributed by atoms with E-state index in [-0.39, 0.29) is 11.9 Å². The van der Waals surface area contributed by atoms with E-state index in [0.29, 0.717) is 22.1 Å². The maximum atomic E-state index is 12.4. The summed E-state index contributed by atoms with van der Waals surface area (Å²) in [6.45, 7) is 2.32. The molecule has 0 spiro atoms. The summed E-state index contributed by atoms with van der Waals surface area (Å²) in [5.41, 5.74) is 1.38. The maximum Gasteiger partial charge on any atom is 0.242 e. The Morgan fingerprint density at radius 2 is 2.25 bits per heavy atom. The van der Waals surface area contributed by atoms with Gasteiger partial charge >= 0.3 is 0 Å². The molecule has 0 aliphatic carbocycles. The number of ether oxygens (including phenoxy) is 1. The highest BCUT2D eigenvalue weighted by atomic mass is 35.5. The van der Waals surface area contributed by atoms with Gasteiger partial charge in [0.05, 0.1) is 18.7 Å². The van der Waals surface area contributed by atoms with Crippen LogP contribution in [-0.4, -0.2) is 31.0 Å². The van der Waals surface area contributed by atoms with Gasteiger partial charge in [0.1, 0.15) is 16.8 Å². The standard InChI is InChI=1S/C17H18ClN3O2S/c1-11(16(22)20-17-12(9-19)6-7-24-17)21(2)10-13-8-14(18)4-5-15(13)23-3/h4-8,11H,10H2,1-3H3,(H,20,22). The highest BCUT2D eigenvalue weighted by Crippen LogP contribution is 2.25. The molecule has 1 aromatic heterocycles. The number of carbonyl (C=O) groups excluding carboxylic acids is 1. The molecule has 7 heteroatoms. The van der Waals surface area contributed by atoms with Gasteiger partial charge in [0.15, 0.2) is 0 Å². The molecule has 1 unspecified atom stereocenters. The van der Waals surface area contributed by atoms with E-state index in [4.69, 9.17) is 21.6 Å². The van der Waals surface area contributed by atoms with E-state index in [1.165, 1.54) is 11.3 Å². The van der Waals surface area contributed by atoms with E-state index in [9.17, 15) is 4.79 Å². The van der Waals surface area contributed by atoms with Gasteiger partial charge in [-0.3, -0.25) is 9.69 Å². The number of nitrogens with zero attached hydrogens (tertiary/aromatic N) is 2. The third-order valence-corrected chi connectivity index (χ3v) is 4.79. The fourth-order valence-corrected chi connectivity index (χ4v) is 3.12. The number of nitrogens with one attached hydrogen (secondary N) is 1. The number of hydrogen-bond acceptors (Lipinski definition) is 5. The number of thiophene rings is 1. The maximum absolute atomic E-state index is 12.4. The lowest BCUT2D eigenvalue weighted by Gasteiger charge is -2.24. The molecule has 1 aromatic carbocycles. The first-order valence-corrected chi connectivity index (χ1v) is 8.53. The number of benzene rings is 1. The van der Waals surface area contributed by atoms with Crippen molar-refractivity contribution >= 4 is 33.8 Å². The van der Waals surface area contributed by atoms with Crippen LogP contribution in [0.25, 0.3) is 0 Å². The first-order valence-electron chi connectivity index (χ1n) is 7.27. The van der Waals surface area contributed by atoms with Crippen molar-refractivity contribution < 1.29 is 9.53 Å². The fraction of sp³-hybridized carbons (Fsp3) is 0.294. The number of rotatable bonds is 6. The zero-order valence-corrected chi connectivity index (χ0v) is 15.2. The van der Waals surface area contributed by atoms with E-state index in [2.05, 4.69) is 11.4 Å². The summed E-state index contributed by atoms with van der Waals surface area (Å²) in [5, 5.41) is 14.8. The molecule has 0 aliphatic heterocycles. The first kappa shape index (κ1) is 18.3. The normalized spacial score (nSPS) is 11.8. The molecule has 0 saturated heterocycles. The second-order valence-electron chi connectivity index (χ2n) is 5.31. The van der Waals surface area contributed by atoms with Crippen LogP contribution in [0.4, 0.5) is 5.00 Å². The van der Waals surface area contributed by atoms with Crippen molar-refractivity contribution in [1.82, 2.24) is 4.90 Å². The van der Waals surface area contributed by atoms with Crippen LogP contribution in [-0.2, 0) is 11.3 Å². The van der Waals surface area contributed by atoms with Crippen LogP contribution in [0.5, 0.6) is 5.75 Å². The molecule has 2 rings (SSSR count). The van der Waals surface area contributed by atoms with Crippen molar-refractivity contribution in [3.05, 3.63) is 45.8 Å². The fourth-order valence-electron chi connectivity index (χ4n) is 2.19. The summed E-state index contributed by atoms with van der Waals surface area (Å²) in [7, 11) is 3.45. The molecule has 0 aliphatic rings. The number of anilines is 1. The Bertz CT molecular complexity index is 769. The molecular weight excluding hydrogens is 346 g/mol. The SMILES string of the molecule is COc1ccc(Cl)cc1CN(C)C(C)C(=O)Nc1sccc1C#N. The number of amides is 1. The van der Waals surface area contributed by atoms with Crippen molar-refractivity contribution in [3.63, 3.8) is 0 Å². The second-order valence-corrected chi connectivity index (χ2v) is 6.66. The second kappa shape index (κ2) is 8.15. The summed E-state index contributed by atoms with van der Waals surface area (Å²) in [5.74, 6) is 0.557. The molecule has 2 aromatic rings. The average molecular weight is 364 g/mol. The van der Waals surface area contributed by atoms with E-state index in [1.807, 2.05) is 24.9 Å². The minimum absolute atomic E-state index is 0.169. The molecule has 5 nitrogen and oxygen atoms in total. The van der Waals surface area contributed by atoms with Crippen LogP contribution in [0.1, 0.15) is 18.1 Å². The van der Waals surface area contributed by atoms with Crippen molar-refractivity contribution in [2.45, 2.75) is 19.5 Å². The van der Waals surface area contributed by atoms with Gasteiger partial charge in [-0.25, -0.2) is 0 Å². The summed E-state index contributed by atoms with van der Waals surface area (Å²) < 4.78 is 5.34. The van der Waals surface area contributed by atoms with Gasteiger partial charge in [0, 0.05) is 17.1 Å². The van der Waals surface area contributed by atoms with Gasteiger partial charge in [0.2, 0.25) is 5.91 Å². The van der Waals surface area contributed by atoms with Crippen LogP contribution in [0.3, 0.4) is 0 Å². The molecule has 24 heavy (non-hydrogen) atoms. The monoisotopic (exact) mass is 363 g/mol. The van der Waals surface area contributed by atoms with Gasteiger partial charge in [0.25, 0.3) is 0 Å². The van der Waals surface area contributed by atoms with E-state index < -0.39 is 0 Å². The molecule has 1 atom stereocenters. The summed E-state index contributed by atoms with van der Waals surface area (Å²) >= 11 is 7.38. The summed E-state index contributed by atoms with van der Waals surface area (Å²) in [4.78, 5) is 14.3. The minimum atomic E-state index is -0.387. The predicted molar refractivity (Wildman–Crippen MR) is 96.6 cm³/mol. The summed E-state index contributed by atoms with van der Waals surface area (Å²) in [6, 6.07) is 8.76. The van der Waals surface area contributed by atoms with Crippen LogP contribution < -0.4 is 10.1 Å². The molecule has 0 saturated carbocycles. The third kappa shape index (κ3) is 4.26. The molecule has 0 bridgehead atoms. The van der Waals surface area contributed by atoms with Crippen LogP contribution in [0, 0.1) is 11.3 Å². The van der Waals surface area contributed by atoms with Crippen molar-refractivity contribution in [1.29, 1.82) is 5.26 Å². The highest BCUT2D eigenvalue weighted by Gasteiger charge is 2.21.